The topological polar surface area (TPSA) is 49.7 Å². The lowest BCUT2D eigenvalue weighted by atomic mass is 9.97. The molecule has 0 amide bonds. The highest BCUT2D eigenvalue weighted by molar-refractivity contribution is 4.63. The van der Waals surface area contributed by atoms with Gasteiger partial charge in [0.05, 0.1) is 6.61 Å². The Morgan fingerprint density at radius 1 is 1.25 bits per heavy atom. The van der Waals surface area contributed by atoms with Crippen molar-refractivity contribution in [1.29, 1.82) is 0 Å². The summed E-state index contributed by atoms with van der Waals surface area (Å²) in [7, 11) is 0. The van der Waals surface area contributed by atoms with Crippen molar-refractivity contribution in [2.45, 2.75) is 20.3 Å². The van der Waals surface area contributed by atoms with Crippen molar-refractivity contribution in [3.63, 3.8) is 0 Å². The first-order valence-corrected chi connectivity index (χ1v) is 4.55. The average molecular weight is 176 g/mol. The number of hydrogen-bond donors (Lipinski definition) is 2. The molecule has 0 aromatic carbocycles. The Morgan fingerprint density at radius 3 is 2.33 bits per heavy atom. The van der Waals surface area contributed by atoms with E-state index in [1.807, 2.05) is 13.8 Å². The minimum absolute atomic E-state index is 0.0709. The van der Waals surface area contributed by atoms with Crippen molar-refractivity contribution in [3.8, 4) is 0 Å². The molecule has 3 heteroatoms. The van der Waals surface area contributed by atoms with Crippen molar-refractivity contribution >= 4 is 0 Å². The molecule has 2 atom stereocenters. The monoisotopic (exact) mass is 176 g/mol. The molecule has 0 fully saturated rings. The highest BCUT2D eigenvalue weighted by Gasteiger charge is 2.15. The Hall–Kier alpha value is -0.120. The lowest BCUT2D eigenvalue weighted by molar-refractivity contribution is 0.0353. The summed E-state index contributed by atoms with van der Waals surface area (Å²) in [6.45, 7) is 5.44. The number of aliphatic hydroxyl groups is 2. The van der Waals surface area contributed by atoms with E-state index in [4.69, 9.17) is 14.9 Å². The van der Waals surface area contributed by atoms with Crippen LogP contribution in [0.1, 0.15) is 20.3 Å². The van der Waals surface area contributed by atoms with Gasteiger partial charge in [0.2, 0.25) is 0 Å². The normalized spacial score (nSPS) is 16.0. The van der Waals surface area contributed by atoms with Crippen molar-refractivity contribution in [2.24, 2.45) is 11.8 Å². The fraction of sp³-hybridized carbons (Fsp3) is 1.00. The maximum atomic E-state index is 8.94. The number of hydrogen-bond acceptors (Lipinski definition) is 3. The van der Waals surface area contributed by atoms with E-state index < -0.39 is 0 Å². The van der Waals surface area contributed by atoms with Gasteiger partial charge in [0.1, 0.15) is 0 Å². The molecule has 0 aliphatic carbocycles. The summed E-state index contributed by atoms with van der Waals surface area (Å²) in [5.41, 5.74) is 0. The van der Waals surface area contributed by atoms with E-state index in [-0.39, 0.29) is 25.0 Å². The lowest BCUT2D eigenvalue weighted by Gasteiger charge is -2.19. The van der Waals surface area contributed by atoms with Crippen molar-refractivity contribution in [1.82, 2.24) is 0 Å². The average Bonchev–Trinajstić information content (AvgIpc) is 2.11. The van der Waals surface area contributed by atoms with E-state index in [1.54, 1.807) is 0 Å². The van der Waals surface area contributed by atoms with Gasteiger partial charge in [0, 0.05) is 25.7 Å². The summed E-state index contributed by atoms with van der Waals surface area (Å²) < 4.78 is 5.29. The van der Waals surface area contributed by atoms with Gasteiger partial charge in [-0.05, 0) is 12.3 Å². The third-order valence-corrected chi connectivity index (χ3v) is 2.01. The molecule has 12 heavy (non-hydrogen) atoms. The molecule has 0 saturated carbocycles. The Kier molecular flexibility index (Phi) is 7.45. The predicted molar refractivity (Wildman–Crippen MR) is 47.9 cm³/mol. The van der Waals surface area contributed by atoms with E-state index >= 15 is 0 Å². The Balaban J connectivity index is 3.52. The summed E-state index contributed by atoms with van der Waals surface area (Å²) in [4.78, 5) is 0. The molecule has 3 nitrogen and oxygen atoms in total. The van der Waals surface area contributed by atoms with Crippen LogP contribution in [-0.2, 0) is 4.74 Å². The second-order valence-corrected chi connectivity index (χ2v) is 3.18. The molecule has 0 heterocycles. The third-order valence-electron chi connectivity index (χ3n) is 2.01. The Labute approximate surface area is 74.4 Å². The first-order chi connectivity index (χ1) is 5.76. The summed E-state index contributed by atoms with van der Waals surface area (Å²) in [6, 6.07) is 0. The van der Waals surface area contributed by atoms with Crippen LogP contribution in [0.25, 0.3) is 0 Å². The van der Waals surface area contributed by atoms with Crippen molar-refractivity contribution < 1.29 is 14.9 Å². The van der Waals surface area contributed by atoms with Crippen LogP contribution in [0.15, 0.2) is 0 Å². The molecule has 74 valence electrons. The van der Waals surface area contributed by atoms with Crippen LogP contribution in [0.5, 0.6) is 0 Å². The molecule has 0 spiro atoms. The molecule has 0 aromatic rings. The number of rotatable bonds is 7. The number of aliphatic hydroxyl groups excluding tert-OH is 2. The second kappa shape index (κ2) is 7.53. The molecule has 0 radical (unpaired) electrons. The molecule has 0 saturated heterocycles. The van der Waals surface area contributed by atoms with Gasteiger partial charge in [-0.3, -0.25) is 0 Å². The van der Waals surface area contributed by atoms with Crippen LogP contribution >= 0.6 is 0 Å². The summed E-state index contributed by atoms with van der Waals surface area (Å²) in [6.07, 6.45) is 0.992. The van der Waals surface area contributed by atoms with Crippen LogP contribution < -0.4 is 0 Å². The zero-order chi connectivity index (χ0) is 9.40. The Morgan fingerprint density at radius 2 is 1.92 bits per heavy atom. The summed E-state index contributed by atoms with van der Waals surface area (Å²) in [5, 5.41) is 17.8. The van der Waals surface area contributed by atoms with Gasteiger partial charge in [-0.1, -0.05) is 13.8 Å². The Bertz CT molecular complexity index is 95.8. The predicted octanol–water partition coefficient (Wildman–Crippen LogP) is 0.650. The quantitative estimate of drug-likeness (QED) is 0.560. The van der Waals surface area contributed by atoms with Gasteiger partial charge < -0.3 is 14.9 Å². The molecular weight excluding hydrogens is 156 g/mol. The number of ether oxygens (including phenoxy) is 1. The van der Waals surface area contributed by atoms with Gasteiger partial charge in [-0.2, -0.15) is 0 Å². The minimum Gasteiger partial charge on any atom is -0.396 e. The van der Waals surface area contributed by atoms with Gasteiger partial charge in [-0.15, -0.1) is 0 Å². The smallest absolute Gasteiger partial charge is 0.0519 e. The van der Waals surface area contributed by atoms with Gasteiger partial charge in [0.25, 0.3) is 0 Å². The van der Waals surface area contributed by atoms with Crippen molar-refractivity contribution in [2.75, 3.05) is 26.4 Å². The van der Waals surface area contributed by atoms with E-state index in [0.717, 1.165) is 13.0 Å². The molecule has 0 aromatic heterocycles. The van der Waals surface area contributed by atoms with Crippen molar-refractivity contribution in [3.05, 3.63) is 0 Å². The van der Waals surface area contributed by atoms with Gasteiger partial charge in [-0.25, -0.2) is 0 Å². The fourth-order valence-corrected chi connectivity index (χ4v) is 0.925. The fourth-order valence-electron chi connectivity index (χ4n) is 0.925. The molecule has 0 bridgehead atoms. The highest BCUT2D eigenvalue weighted by atomic mass is 16.5. The van der Waals surface area contributed by atoms with Crippen LogP contribution in [0.2, 0.25) is 0 Å². The second-order valence-electron chi connectivity index (χ2n) is 3.18. The zero-order valence-corrected chi connectivity index (χ0v) is 7.99. The van der Waals surface area contributed by atoms with Crippen LogP contribution in [-0.4, -0.2) is 36.6 Å². The van der Waals surface area contributed by atoms with Crippen LogP contribution in [0.4, 0.5) is 0 Å². The summed E-state index contributed by atoms with van der Waals surface area (Å²) in [5.74, 6) is 0.188. The van der Waals surface area contributed by atoms with E-state index in [0.29, 0.717) is 6.61 Å². The van der Waals surface area contributed by atoms with E-state index in [9.17, 15) is 0 Å². The maximum Gasteiger partial charge on any atom is 0.0519 e. The first-order valence-electron chi connectivity index (χ1n) is 4.55. The molecule has 0 aliphatic rings. The van der Waals surface area contributed by atoms with Crippen LogP contribution in [0.3, 0.4) is 0 Å². The highest BCUT2D eigenvalue weighted by Crippen LogP contribution is 2.10. The SMILES string of the molecule is CCCOCC(CO)C(C)CO. The zero-order valence-electron chi connectivity index (χ0n) is 7.99. The standard InChI is InChI=1S/C9H20O3/c1-3-4-12-7-9(6-11)8(2)5-10/h8-11H,3-7H2,1-2H3. The van der Waals surface area contributed by atoms with E-state index in [1.165, 1.54) is 0 Å². The molecule has 0 aliphatic heterocycles. The van der Waals surface area contributed by atoms with Gasteiger partial charge >= 0.3 is 0 Å². The molecule has 0 rings (SSSR count). The molecule has 2 unspecified atom stereocenters. The van der Waals surface area contributed by atoms with Gasteiger partial charge in [0.15, 0.2) is 0 Å². The maximum absolute atomic E-state index is 8.94. The lowest BCUT2D eigenvalue weighted by Crippen LogP contribution is -2.24. The van der Waals surface area contributed by atoms with Crippen LogP contribution in [0, 0.1) is 11.8 Å². The first kappa shape index (κ1) is 11.9. The largest absolute Gasteiger partial charge is 0.396 e. The molecule has 2 N–H and O–H groups in total. The summed E-state index contributed by atoms with van der Waals surface area (Å²) >= 11 is 0. The minimum atomic E-state index is 0.0709. The third kappa shape index (κ3) is 4.70. The van der Waals surface area contributed by atoms with E-state index in [2.05, 4.69) is 0 Å². The molecular formula is C9H20O3.